The molecule has 1 aromatic heterocycles. The average Bonchev–Trinajstić information content (AvgIpc) is 2.68. The van der Waals surface area contributed by atoms with Crippen LogP contribution in [0.15, 0.2) is 0 Å². The molecule has 0 saturated heterocycles. The minimum atomic E-state index is -0.0749. The number of hydrogen-bond acceptors (Lipinski definition) is 4. The summed E-state index contributed by atoms with van der Waals surface area (Å²) in [5, 5.41) is 12.3. The minimum Gasteiger partial charge on any atom is -0.379 e. The standard InChI is InChI=1S/C15H28N4O/c1-12(16-10-9-15(2,3)20-4)14-18-17-13-8-6-5-7-11-19(13)14/h12,16H,5-11H2,1-4H3. The molecule has 0 spiro atoms. The molecule has 0 radical (unpaired) electrons. The van der Waals surface area contributed by atoms with Gasteiger partial charge in [-0.25, -0.2) is 0 Å². The highest BCUT2D eigenvalue weighted by Crippen LogP contribution is 2.19. The molecule has 0 fully saturated rings. The van der Waals surface area contributed by atoms with Crippen molar-refractivity contribution in [2.75, 3.05) is 13.7 Å². The molecule has 5 heteroatoms. The van der Waals surface area contributed by atoms with E-state index >= 15 is 0 Å². The number of nitrogens with zero attached hydrogens (tertiary/aromatic N) is 3. The molecule has 1 aromatic rings. The highest BCUT2D eigenvalue weighted by atomic mass is 16.5. The summed E-state index contributed by atoms with van der Waals surface area (Å²) in [6.45, 7) is 8.38. The second kappa shape index (κ2) is 6.68. The lowest BCUT2D eigenvalue weighted by Gasteiger charge is -2.24. The molecule has 2 rings (SSSR count). The van der Waals surface area contributed by atoms with E-state index in [-0.39, 0.29) is 11.6 Å². The fraction of sp³-hybridized carbons (Fsp3) is 0.867. The molecule has 0 aliphatic carbocycles. The van der Waals surface area contributed by atoms with Gasteiger partial charge in [0.05, 0.1) is 11.6 Å². The number of rotatable bonds is 6. The quantitative estimate of drug-likeness (QED) is 0.869. The summed E-state index contributed by atoms with van der Waals surface area (Å²) in [6, 6.07) is 0.238. The Bertz CT molecular complexity index is 428. The first-order valence-corrected chi connectivity index (χ1v) is 7.74. The molecule has 20 heavy (non-hydrogen) atoms. The van der Waals surface area contributed by atoms with Gasteiger partial charge in [0.1, 0.15) is 11.6 Å². The van der Waals surface area contributed by atoms with Crippen molar-refractivity contribution in [2.45, 2.75) is 71.1 Å². The maximum Gasteiger partial charge on any atom is 0.149 e. The monoisotopic (exact) mass is 280 g/mol. The zero-order valence-electron chi connectivity index (χ0n) is 13.3. The number of aryl methyl sites for hydroxylation is 1. The highest BCUT2D eigenvalue weighted by molar-refractivity contribution is 5.02. The van der Waals surface area contributed by atoms with Crippen LogP contribution in [0.3, 0.4) is 0 Å². The smallest absolute Gasteiger partial charge is 0.149 e. The molecule has 0 amide bonds. The minimum absolute atomic E-state index is 0.0749. The lowest BCUT2D eigenvalue weighted by Crippen LogP contribution is -2.31. The van der Waals surface area contributed by atoms with Gasteiger partial charge in [-0.2, -0.15) is 0 Å². The zero-order valence-corrected chi connectivity index (χ0v) is 13.3. The Labute approximate surface area is 122 Å². The van der Waals surface area contributed by atoms with Crippen molar-refractivity contribution in [1.29, 1.82) is 0 Å². The number of methoxy groups -OCH3 is 1. The van der Waals surface area contributed by atoms with Gasteiger partial charge in [0.2, 0.25) is 0 Å². The van der Waals surface area contributed by atoms with Crippen LogP contribution >= 0.6 is 0 Å². The molecule has 1 atom stereocenters. The van der Waals surface area contributed by atoms with Crippen molar-refractivity contribution in [3.8, 4) is 0 Å². The van der Waals surface area contributed by atoms with Crippen LogP contribution in [0.2, 0.25) is 0 Å². The van der Waals surface area contributed by atoms with Crippen LogP contribution in [0.1, 0.15) is 64.1 Å². The van der Waals surface area contributed by atoms with E-state index in [2.05, 4.69) is 40.9 Å². The molecule has 1 aliphatic rings. The van der Waals surface area contributed by atoms with Crippen LogP contribution in [0.25, 0.3) is 0 Å². The van der Waals surface area contributed by atoms with Gasteiger partial charge in [-0.05, 0) is 46.6 Å². The van der Waals surface area contributed by atoms with E-state index in [0.29, 0.717) is 0 Å². The van der Waals surface area contributed by atoms with Gasteiger partial charge >= 0.3 is 0 Å². The van der Waals surface area contributed by atoms with Crippen molar-refractivity contribution < 1.29 is 4.74 Å². The summed E-state index contributed by atoms with van der Waals surface area (Å²) in [7, 11) is 1.77. The summed E-state index contributed by atoms with van der Waals surface area (Å²) in [4.78, 5) is 0. The van der Waals surface area contributed by atoms with Gasteiger partial charge in [-0.3, -0.25) is 0 Å². The molecule has 1 aliphatic heterocycles. The number of fused-ring (bicyclic) bond motifs is 1. The Morgan fingerprint density at radius 3 is 2.85 bits per heavy atom. The number of ether oxygens (including phenoxy) is 1. The van der Waals surface area contributed by atoms with Gasteiger partial charge in [0.25, 0.3) is 0 Å². The van der Waals surface area contributed by atoms with Gasteiger partial charge in [0.15, 0.2) is 0 Å². The molecular formula is C15H28N4O. The van der Waals surface area contributed by atoms with Gasteiger partial charge in [0, 0.05) is 20.1 Å². The van der Waals surface area contributed by atoms with Crippen LogP contribution < -0.4 is 5.32 Å². The van der Waals surface area contributed by atoms with Crippen LogP contribution in [-0.2, 0) is 17.7 Å². The number of aromatic nitrogens is 3. The molecule has 0 bridgehead atoms. The van der Waals surface area contributed by atoms with E-state index in [1.54, 1.807) is 7.11 Å². The highest BCUT2D eigenvalue weighted by Gasteiger charge is 2.20. The predicted molar refractivity (Wildman–Crippen MR) is 79.7 cm³/mol. The first kappa shape index (κ1) is 15.4. The van der Waals surface area contributed by atoms with Crippen molar-refractivity contribution in [3.05, 3.63) is 11.6 Å². The third-order valence-electron chi connectivity index (χ3n) is 4.26. The molecule has 114 valence electrons. The van der Waals surface area contributed by atoms with Gasteiger partial charge in [-0.1, -0.05) is 6.42 Å². The van der Waals surface area contributed by atoms with Crippen molar-refractivity contribution in [3.63, 3.8) is 0 Å². The Morgan fingerprint density at radius 2 is 2.10 bits per heavy atom. The van der Waals surface area contributed by atoms with E-state index in [1.165, 1.54) is 19.3 Å². The van der Waals surface area contributed by atoms with E-state index in [4.69, 9.17) is 4.74 Å². The Hall–Kier alpha value is -0.940. The van der Waals surface area contributed by atoms with Crippen LogP contribution in [0, 0.1) is 0 Å². The summed E-state index contributed by atoms with van der Waals surface area (Å²) < 4.78 is 7.76. The average molecular weight is 280 g/mol. The van der Waals surface area contributed by atoms with E-state index in [1.807, 2.05) is 0 Å². The van der Waals surface area contributed by atoms with E-state index in [0.717, 1.165) is 37.6 Å². The SMILES string of the molecule is COC(C)(C)CCNC(C)c1nnc2n1CCCCC2. The third kappa shape index (κ3) is 3.79. The van der Waals surface area contributed by atoms with Gasteiger partial charge in [-0.15, -0.1) is 10.2 Å². The maximum absolute atomic E-state index is 5.44. The third-order valence-corrected chi connectivity index (χ3v) is 4.26. The van der Waals surface area contributed by atoms with Crippen LogP contribution in [0.4, 0.5) is 0 Å². The predicted octanol–water partition coefficient (Wildman–Crippen LogP) is 2.47. The van der Waals surface area contributed by atoms with E-state index in [9.17, 15) is 0 Å². The fourth-order valence-electron chi connectivity index (χ4n) is 2.61. The Kier molecular flexibility index (Phi) is 5.16. The lowest BCUT2D eigenvalue weighted by atomic mass is 10.1. The molecule has 1 N–H and O–H groups in total. The first-order valence-electron chi connectivity index (χ1n) is 7.74. The topological polar surface area (TPSA) is 52.0 Å². The van der Waals surface area contributed by atoms with Crippen LogP contribution in [0.5, 0.6) is 0 Å². The second-order valence-corrected chi connectivity index (χ2v) is 6.33. The summed E-state index contributed by atoms with van der Waals surface area (Å²) >= 11 is 0. The summed E-state index contributed by atoms with van der Waals surface area (Å²) in [5.74, 6) is 2.24. The Balaban J connectivity index is 1.93. The molecule has 0 aromatic carbocycles. The maximum atomic E-state index is 5.44. The molecular weight excluding hydrogens is 252 g/mol. The first-order chi connectivity index (χ1) is 9.53. The second-order valence-electron chi connectivity index (χ2n) is 6.33. The number of hydrogen-bond donors (Lipinski definition) is 1. The van der Waals surface area contributed by atoms with E-state index < -0.39 is 0 Å². The Morgan fingerprint density at radius 1 is 1.30 bits per heavy atom. The lowest BCUT2D eigenvalue weighted by molar-refractivity contribution is 0.0154. The van der Waals surface area contributed by atoms with Gasteiger partial charge < -0.3 is 14.6 Å². The molecule has 2 heterocycles. The van der Waals surface area contributed by atoms with Crippen LogP contribution in [-0.4, -0.2) is 34.0 Å². The number of nitrogens with one attached hydrogen (secondary N) is 1. The normalized spacial score (nSPS) is 17.6. The zero-order chi connectivity index (χ0) is 14.6. The van der Waals surface area contributed by atoms with Crippen molar-refractivity contribution in [1.82, 2.24) is 20.1 Å². The molecule has 0 saturated carbocycles. The fourth-order valence-corrected chi connectivity index (χ4v) is 2.61. The molecule has 5 nitrogen and oxygen atoms in total. The summed E-state index contributed by atoms with van der Waals surface area (Å²) in [6.07, 6.45) is 5.82. The van der Waals surface area contributed by atoms with Crippen molar-refractivity contribution in [2.24, 2.45) is 0 Å². The van der Waals surface area contributed by atoms with Crippen molar-refractivity contribution >= 4 is 0 Å². The molecule has 1 unspecified atom stereocenters. The largest absolute Gasteiger partial charge is 0.379 e. The summed E-state index contributed by atoms with van der Waals surface area (Å²) in [5.41, 5.74) is -0.0749.